The smallest absolute Gasteiger partial charge is 0.302 e. The lowest BCUT2D eigenvalue weighted by Gasteiger charge is -2.09. The van der Waals surface area contributed by atoms with E-state index in [-0.39, 0.29) is 24.2 Å². The normalized spacial score (nSPS) is 9.76. The SMILES string of the molecule is CCC(=O)Nc1cc(COC(C)=O)ccc1O. The van der Waals surface area contributed by atoms with Crippen LogP contribution in [0, 0.1) is 0 Å². The van der Waals surface area contributed by atoms with Gasteiger partial charge in [-0.2, -0.15) is 0 Å². The first-order valence-corrected chi connectivity index (χ1v) is 5.28. The van der Waals surface area contributed by atoms with Crippen molar-refractivity contribution in [2.24, 2.45) is 0 Å². The van der Waals surface area contributed by atoms with Gasteiger partial charge in [0.05, 0.1) is 5.69 Å². The lowest BCUT2D eigenvalue weighted by Crippen LogP contribution is -2.10. The summed E-state index contributed by atoms with van der Waals surface area (Å²) < 4.78 is 4.82. The molecule has 0 spiro atoms. The molecule has 5 nitrogen and oxygen atoms in total. The Morgan fingerprint density at radius 3 is 2.71 bits per heavy atom. The van der Waals surface area contributed by atoms with Crippen molar-refractivity contribution in [2.45, 2.75) is 26.9 Å². The van der Waals surface area contributed by atoms with Crippen LogP contribution >= 0.6 is 0 Å². The molecule has 1 amide bonds. The predicted molar refractivity (Wildman–Crippen MR) is 62.5 cm³/mol. The van der Waals surface area contributed by atoms with Crippen LogP contribution in [0.2, 0.25) is 0 Å². The number of aromatic hydroxyl groups is 1. The van der Waals surface area contributed by atoms with E-state index in [0.29, 0.717) is 17.7 Å². The van der Waals surface area contributed by atoms with Gasteiger partial charge < -0.3 is 15.2 Å². The maximum atomic E-state index is 11.2. The molecule has 1 aromatic rings. The molecule has 0 heterocycles. The summed E-state index contributed by atoms with van der Waals surface area (Å²) in [4.78, 5) is 21.9. The highest BCUT2D eigenvalue weighted by Gasteiger charge is 2.06. The third-order valence-electron chi connectivity index (χ3n) is 2.10. The van der Waals surface area contributed by atoms with E-state index in [1.807, 2.05) is 0 Å². The van der Waals surface area contributed by atoms with Gasteiger partial charge in [0, 0.05) is 13.3 Å². The van der Waals surface area contributed by atoms with Gasteiger partial charge in [-0.25, -0.2) is 0 Å². The Hall–Kier alpha value is -2.04. The first kappa shape index (κ1) is 13.0. The number of carbonyl (C=O) groups excluding carboxylic acids is 2. The van der Waals surface area contributed by atoms with E-state index in [2.05, 4.69) is 5.32 Å². The molecule has 1 rings (SSSR count). The van der Waals surface area contributed by atoms with Crippen LogP contribution in [-0.2, 0) is 20.9 Å². The minimum Gasteiger partial charge on any atom is -0.506 e. The van der Waals surface area contributed by atoms with Crippen LogP contribution in [0.4, 0.5) is 5.69 Å². The number of nitrogens with one attached hydrogen (secondary N) is 1. The number of phenolic OH excluding ortho intramolecular Hbond substituents is 1. The Kier molecular flexibility index (Phi) is 4.51. The predicted octanol–water partition coefficient (Wildman–Crippen LogP) is 1.80. The van der Waals surface area contributed by atoms with Crippen molar-refractivity contribution in [1.82, 2.24) is 0 Å². The molecule has 0 saturated heterocycles. The summed E-state index contributed by atoms with van der Waals surface area (Å²) in [5.74, 6) is -0.583. The van der Waals surface area contributed by atoms with Gasteiger partial charge >= 0.3 is 5.97 Å². The van der Waals surface area contributed by atoms with Crippen molar-refractivity contribution in [3.8, 4) is 5.75 Å². The van der Waals surface area contributed by atoms with Crippen molar-refractivity contribution < 1.29 is 19.4 Å². The molecule has 0 aliphatic rings. The number of hydrogen-bond acceptors (Lipinski definition) is 4. The first-order valence-electron chi connectivity index (χ1n) is 5.28. The van der Waals surface area contributed by atoms with Crippen LogP contribution < -0.4 is 5.32 Å². The number of anilines is 1. The van der Waals surface area contributed by atoms with Gasteiger partial charge in [0.1, 0.15) is 12.4 Å². The van der Waals surface area contributed by atoms with Gasteiger partial charge in [-0.3, -0.25) is 9.59 Å². The molecule has 0 fully saturated rings. The molecule has 0 atom stereocenters. The summed E-state index contributed by atoms with van der Waals surface area (Å²) in [6.45, 7) is 3.15. The highest BCUT2D eigenvalue weighted by atomic mass is 16.5. The molecule has 0 aromatic heterocycles. The van der Waals surface area contributed by atoms with E-state index in [0.717, 1.165) is 0 Å². The van der Waals surface area contributed by atoms with Crippen LogP contribution in [0.1, 0.15) is 25.8 Å². The van der Waals surface area contributed by atoms with Gasteiger partial charge in [-0.05, 0) is 17.7 Å². The second kappa shape index (κ2) is 5.89. The van der Waals surface area contributed by atoms with E-state index in [1.54, 1.807) is 19.1 Å². The van der Waals surface area contributed by atoms with E-state index in [9.17, 15) is 14.7 Å². The second-order valence-corrected chi connectivity index (χ2v) is 3.53. The molecule has 2 N–H and O–H groups in total. The van der Waals surface area contributed by atoms with E-state index >= 15 is 0 Å². The summed E-state index contributed by atoms with van der Waals surface area (Å²) in [7, 11) is 0. The van der Waals surface area contributed by atoms with Gasteiger partial charge in [-0.1, -0.05) is 13.0 Å². The van der Waals surface area contributed by atoms with Crippen molar-refractivity contribution >= 4 is 17.6 Å². The number of rotatable bonds is 4. The molecule has 17 heavy (non-hydrogen) atoms. The Labute approximate surface area is 99.4 Å². The average molecular weight is 237 g/mol. The van der Waals surface area contributed by atoms with Gasteiger partial charge in [0.15, 0.2) is 0 Å². The van der Waals surface area contributed by atoms with Crippen LogP contribution in [0.15, 0.2) is 18.2 Å². The van der Waals surface area contributed by atoms with E-state index < -0.39 is 0 Å². The van der Waals surface area contributed by atoms with E-state index in [4.69, 9.17) is 4.74 Å². The van der Waals surface area contributed by atoms with Crippen molar-refractivity contribution in [1.29, 1.82) is 0 Å². The third-order valence-corrected chi connectivity index (χ3v) is 2.10. The summed E-state index contributed by atoms with van der Waals surface area (Å²) in [6.07, 6.45) is 0.327. The van der Waals surface area contributed by atoms with Gasteiger partial charge in [-0.15, -0.1) is 0 Å². The van der Waals surface area contributed by atoms with Crippen LogP contribution in [0.5, 0.6) is 5.75 Å². The fourth-order valence-corrected chi connectivity index (χ4v) is 1.20. The van der Waals surface area contributed by atoms with Crippen molar-refractivity contribution in [3.05, 3.63) is 23.8 Å². The van der Waals surface area contributed by atoms with Crippen LogP contribution in [0.25, 0.3) is 0 Å². The monoisotopic (exact) mass is 237 g/mol. The fourth-order valence-electron chi connectivity index (χ4n) is 1.20. The maximum absolute atomic E-state index is 11.2. The zero-order chi connectivity index (χ0) is 12.8. The zero-order valence-corrected chi connectivity index (χ0v) is 9.82. The molecule has 0 saturated carbocycles. The first-order chi connectivity index (χ1) is 8.02. The standard InChI is InChI=1S/C12H15NO4/c1-3-12(16)13-10-6-9(4-5-11(10)15)7-17-8(2)14/h4-6,15H,3,7H2,1-2H3,(H,13,16). The molecule has 5 heteroatoms. The molecule has 1 aromatic carbocycles. The molecule has 0 radical (unpaired) electrons. The Bertz CT molecular complexity index is 429. The minimum absolute atomic E-state index is 0.0154. The average Bonchev–Trinajstić information content (AvgIpc) is 2.29. The van der Waals surface area contributed by atoms with Crippen LogP contribution in [0.3, 0.4) is 0 Å². The molecule has 0 unspecified atom stereocenters. The maximum Gasteiger partial charge on any atom is 0.302 e. The molecule has 0 bridgehead atoms. The van der Waals surface area contributed by atoms with Gasteiger partial charge in [0.25, 0.3) is 0 Å². The summed E-state index contributed by atoms with van der Waals surface area (Å²) in [6, 6.07) is 4.65. The molecule has 0 aliphatic carbocycles. The number of hydrogen-bond donors (Lipinski definition) is 2. The van der Waals surface area contributed by atoms with Crippen molar-refractivity contribution in [2.75, 3.05) is 5.32 Å². The zero-order valence-electron chi connectivity index (χ0n) is 9.82. The summed E-state index contributed by atoms with van der Waals surface area (Å²) >= 11 is 0. The topological polar surface area (TPSA) is 75.6 Å². The third kappa shape index (κ3) is 4.14. The second-order valence-electron chi connectivity index (χ2n) is 3.53. The molecular weight excluding hydrogens is 222 g/mol. The van der Waals surface area contributed by atoms with Crippen molar-refractivity contribution in [3.63, 3.8) is 0 Å². The number of ether oxygens (including phenoxy) is 1. The largest absolute Gasteiger partial charge is 0.506 e. The van der Waals surface area contributed by atoms with Crippen LogP contribution in [-0.4, -0.2) is 17.0 Å². The Balaban J connectivity index is 2.79. The number of carbonyl (C=O) groups is 2. The number of benzene rings is 1. The lowest BCUT2D eigenvalue weighted by molar-refractivity contribution is -0.142. The van der Waals surface area contributed by atoms with E-state index in [1.165, 1.54) is 13.0 Å². The minimum atomic E-state index is -0.378. The lowest BCUT2D eigenvalue weighted by atomic mass is 10.2. The molecule has 0 aliphatic heterocycles. The Morgan fingerprint density at radius 2 is 2.12 bits per heavy atom. The fraction of sp³-hybridized carbons (Fsp3) is 0.333. The molecule has 92 valence electrons. The summed E-state index contributed by atoms with van der Waals surface area (Å²) in [5, 5.41) is 12.1. The highest BCUT2D eigenvalue weighted by molar-refractivity contribution is 5.92. The summed E-state index contributed by atoms with van der Waals surface area (Å²) in [5.41, 5.74) is 1.02. The highest BCUT2D eigenvalue weighted by Crippen LogP contribution is 2.24. The number of phenols is 1. The van der Waals surface area contributed by atoms with Gasteiger partial charge in [0.2, 0.25) is 5.91 Å². The number of esters is 1. The Morgan fingerprint density at radius 1 is 1.41 bits per heavy atom. The molecular formula is C12H15NO4. The number of amides is 1. The quantitative estimate of drug-likeness (QED) is 0.618.